The average Bonchev–Trinajstić information content (AvgIpc) is 2.41. The largest absolute Gasteiger partial charge is 0.478 e. The van der Waals surface area contributed by atoms with E-state index >= 15 is 0 Å². The Morgan fingerprint density at radius 2 is 2.06 bits per heavy atom. The molecule has 1 aliphatic heterocycles. The highest BCUT2D eigenvalue weighted by Crippen LogP contribution is 2.25. The Bertz CT molecular complexity index is 414. The molecule has 2 rings (SSSR count). The van der Waals surface area contributed by atoms with E-state index in [0.29, 0.717) is 11.6 Å². The smallest absolute Gasteiger partial charge is 0.337 e. The van der Waals surface area contributed by atoms with Crippen LogP contribution in [0.15, 0.2) is 24.3 Å². The van der Waals surface area contributed by atoms with Crippen LogP contribution in [0.1, 0.15) is 30.1 Å². The lowest BCUT2D eigenvalue weighted by atomic mass is 10.0. The molecule has 1 fully saturated rings. The summed E-state index contributed by atoms with van der Waals surface area (Å²) in [4.78, 5) is 13.5. The maximum Gasteiger partial charge on any atom is 0.337 e. The number of piperidine rings is 1. The van der Waals surface area contributed by atoms with Gasteiger partial charge in [-0.1, -0.05) is 12.1 Å². The van der Waals surface area contributed by atoms with Crippen LogP contribution in [0, 0.1) is 0 Å². The predicted molar refractivity (Wildman–Crippen MR) is 72.3 cm³/mol. The molecule has 0 saturated carbocycles. The number of hydrogen-bond donors (Lipinski definition) is 2. The summed E-state index contributed by atoms with van der Waals surface area (Å²) in [5, 5.41) is 12.6. The van der Waals surface area contributed by atoms with Crippen molar-refractivity contribution in [3.8, 4) is 0 Å². The number of hydrogen-bond acceptors (Lipinski definition) is 3. The monoisotopic (exact) mass is 248 g/mol. The SMILES string of the molecule is CCN(c1ccccc1C(=O)O)C1CCNCC1. The molecule has 2 N–H and O–H groups in total. The van der Waals surface area contributed by atoms with Crippen molar-refractivity contribution in [2.45, 2.75) is 25.8 Å². The molecular formula is C14H20N2O2. The summed E-state index contributed by atoms with van der Waals surface area (Å²) in [5.41, 5.74) is 1.25. The van der Waals surface area contributed by atoms with E-state index in [-0.39, 0.29) is 0 Å². The fraction of sp³-hybridized carbons (Fsp3) is 0.500. The van der Waals surface area contributed by atoms with E-state index in [4.69, 9.17) is 0 Å². The molecule has 0 spiro atoms. The van der Waals surface area contributed by atoms with Gasteiger partial charge in [-0.15, -0.1) is 0 Å². The zero-order chi connectivity index (χ0) is 13.0. The molecule has 1 aromatic rings. The van der Waals surface area contributed by atoms with Gasteiger partial charge in [0.15, 0.2) is 0 Å². The second-order valence-corrected chi connectivity index (χ2v) is 4.59. The Balaban J connectivity index is 2.28. The first kappa shape index (κ1) is 12.9. The van der Waals surface area contributed by atoms with Crippen LogP contribution in [0.2, 0.25) is 0 Å². The van der Waals surface area contributed by atoms with Gasteiger partial charge in [0.2, 0.25) is 0 Å². The number of benzene rings is 1. The van der Waals surface area contributed by atoms with Crippen molar-refractivity contribution in [2.24, 2.45) is 0 Å². The molecule has 18 heavy (non-hydrogen) atoms. The van der Waals surface area contributed by atoms with Gasteiger partial charge in [0.25, 0.3) is 0 Å². The molecule has 1 heterocycles. The van der Waals surface area contributed by atoms with Crippen molar-refractivity contribution < 1.29 is 9.90 Å². The molecule has 0 amide bonds. The Kier molecular flexibility index (Phi) is 4.20. The highest BCUT2D eigenvalue weighted by atomic mass is 16.4. The fourth-order valence-electron chi connectivity index (χ4n) is 2.65. The standard InChI is InChI=1S/C14H20N2O2/c1-2-16(11-7-9-15-10-8-11)13-6-4-3-5-12(13)14(17)18/h3-6,11,15H,2,7-10H2,1H3,(H,17,18). The lowest BCUT2D eigenvalue weighted by Gasteiger charge is -2.36. The number of para-hydroxylation sites is 1. The zero-order valence-electron chi connectivity index (χ0n) is 10.7. The van der Waals surface area contributed by atoms with E-state index in [1.54, 1.807) is 12.1 Å². The van der Waals surface area contributed by atoms with Crippen LogP contribution in [0.5, 0.6) is 0 Å². The van der Waals surface area contributed by atoms with Crippen molar-refractivity contribution in [3.05, 3.63) is 29.8 Å². The number of nitrogens with one attached hydrogen (secondary N) is 1. The highest BCUT2D eigenvalue weighted by Gasteiger charge is 2.23. The van der Waals surface area contributed by atoms with E-state index in [0.717, 1.165) is 38.2 Å². The summed E-state index contributed by atoms with van der Waals surface area (Å²) in [5.74, 6) is -0.849. The van der Waals surface area contributed by atoms with E-state index in [1.807, 2.05) is 12.1 Å². The van der Waals surface area contributed by atoms with Crippen molar-refractivity contribution in [1.29, 1.82) is 0 Å². The van der Waals surface area contributed by atoms with Gasteiger partial charge in [0.1, 0.15) is 0 Å². The molecule has 4 heteroatoms. The van der Waals surface area contributed by atoms with E-state index < -0.39 is 5.97 Å². The summed E-state index contributed by atoms with van der Waals surface area (Å²) in [7, 11) is 0. The predicted octanol–water partition coefficient (Wildman–Crippen LogP) is 1.96. The molecule has 0 radical (unpaired) electrons. The van der Waals surface area contributed by atoms with Crippen LogP contribution in [-0.4, -0.2) is 36.8 Å². The summed E-state index contributed by atoms with van der Waals surface area (Å²) < 4.78 is 0. The maximum atomic E-state index is 11.3. The van der Waals surface area contributed by atoms with Crippen LogP contribution in [-0.2, 0) is 0 Å². The number of carboxylic acid groups (broad SMARTS) is 1. The maximum absolute atomic E-state index is 11.3. The molecule has 98 valence electrons. The molecule has 0 unspecified atom stereocenters. The van der Waals surface area contributed by atoms with Gasteiger partial charge in [-0.05, 0) is 45.0 Å². The summed E-state index contributed by atoms with van der Waals surface area (Å²) in [6.45, 7) is 4.95. The number of anilines is 1. The number of carboxylic acids is 1. The van der Waals surface area contributed by atoms with Gasteiger partial charge in [0.05, 0.1) is 11.3 Å². The van der Waals surface area contributed by atoms with Crippen molar-refractivity contribution in [3.63, 3.8) is 0 Å². The third-order valence-electron chi connectivity index (χ3n) is 3.53. The zero-order valence-corrected chi connectivity index (χ0v) is 10.7. The minimum Gasteiger partial charge on any atom is -0.478 e. The minimum absolute atomic E-state index is 0.401. The summed E-state index contributed by atoms with van der Waals surface area (Å²) in [6.07, 6.45) is 2.14. The van der Waals surface area contributed by atoms with E-state index in [1.165, 1.54) is 0 Å². The molecule has 1 saturated heterocycles. The Morgan fingerprint density at radius 1 is 1.39 bits per heavy atom. The van der Waals surface area contributed by atoms with Gasteiger partial charge in [-0.25, -0.2) is 4.79 Å². The van der Waals surface area contributed by atoms with Crippen LogP contribution in [0.3, 0.4) is 0 Å². The molecule has 1 aliphatic rings. The van der Waals surface area contributed by atoms with Gasteiger partial charge in [0, 0.05) is 12.6 Å². The normalized spacial score (nSPS) is 16.5. The molecule has 0 atom stereocenters. The Morgan fingerprint density at radius 3 is 2.67 bits per heavy atom. The number of rotatable bonds is 4. The number of nitrogens with zero attached hydrogens (tertiary/aromatic N) is 1. The van der Waals surface area contributed by atoms with Crippen LogP contribution in [0.25, 0.3) is 0 Å². The quantitative estimate of drug-likeness (QED) is 0.855. The molecule has 0 aromatic heterocycles. The third-order valence-corrected chi connectivity index (χ3v) is 3.53. The first-order valence-corrected chi connectivity index (χ1v) is 6.53. The second kappa shape index (κ2) is 5.87. The molecule has 1 aromatic carbocycles. The number of aromatic carboxylic acids is 1. The van der Waals surface area contributed by atoms with Gasteiger partial charge >= 0.3 is 5.97 Å². The lowest BCUT2D eigenvalue weighted by Crippen LogP contribution is -2.43. The third kappa shape index (κ3) is 2.64. The highest BCUT2D eigenvalue weighted by molar-refractivity contribution is 5.94. The fourth-order valence-corrected chi connectivity index (χ4v) is 2.65. The Labute approximate surface area is 108 Å². The summed E-state index contributed by atoms with van der Waals surface area (Å²) >= 11 is 0. The van der Waals surface area contributed by atoms with Gasteiger partial charge in [-0.3, -0.25) is 0 Å². The molecular weight excluding hydrogens is 228 g/mol. The minimum atomic E-state index is -0.849. The number of carbonyl (C=O) groups is 1. The average molecular weight is 248 g/mol. The van der Waals surface area contributed by atoms with Crippen LogP contribution < -0.4 is 10.2 Å². The lowest BCUT2D eigenvalue weighted by molar-refractivity contribution is 0.0697. The molecule has 0 bridgehead atoms. The molecule has 4 nitrogen and oxygen atoms in total. The van der Waals surface area contributed by atoms with Crippen LogP contribution in [0.4, 0.5) is 5.69 Å². The van der Waals surface area contributed by atoms with Crippen molar-refractivity contribution in [2.75, 3.05) is 24.5 Å². The van der Waals surface area contributed by atoms with Crippen molar-refractivity contribution in [1.82, 2.24) is 5.32 Å². The van der Waals surface area contributed by atoms with E-state index in [2.05, 4.69) is 17.1 Å². The summed E-state index contributed by atoms with van der Waals surface area (Å²) in [6, 6.07) is 7.72. The molecule has 0 aliphatic carbocycles. The first-order valence-electron chi connectivity index (χ1n) is 6.53. The topological polar surface area (TPSA) is 52.6 Å². The Hall–Kier alpha value is -1.55. The van der Waals surface area contributed by atoms with E-state index in [9.17, 15) is 9.90 Å². The van der Waals surface area contributed by atoms with Crippen LogP contribution >= 0.6 is 0 Å². The van der Waals surface area contributed by atoms with Crippen molar-refractivity contribution >= 4 is 11.7 Å². The first-order chi connectivity index (χ1) is 8.74. The van der Waals surface area contributed by atoms with Gasteiger partial charge in [-0.2, -0.15) is 0 Å². The van der Waals surface area contributed by atoms with Gasteiger partial charge < -0.3 is 15.3 Å². The second-order valence-electron chi connectivity index (χ2n) is 4.59.